The van der Waals surface area contributed by atoms with E-state index in [9.17, 15) is 0 Å². The number of thiophene rings is 1. The van der Waals surface area contributed by atoms with E-state index in [-0.39, 0.29) is 0 Å². The summed E-state index contributed by atoms with van der Waals surface area (Å²) >= 11 is 6.90. The van der Waals surface area contributed by atoms with Crippen molar-refractivity contribution in [3.8, 4) is 10.6 Å². The van der Waals surface area contributed by atoms with Crippen LogP contribution < -0.4 is 0 Å². The normalized spacial score (nSPS) is 11.2. The molecule has 0 radical (unpaired) electrons. The number of nitrogens with zero attached hydrogens (tertiary/aromatic N) is 2. The molecular formula is C16H15BrN2S2. The zero-order valence-electron chi connectivity index (χ0n) is 11.6. The molecule has 0 unspecified atom stereocenters. The summed E-state index contributed by atoms with van der Waals surface area (Å²) in [5.41, 5.74) is 3.68. The lowest BCUT2D eigenvalue weighted by Gasteiger charge is -2.15. The van der Waals surface area contributed by atoms with E-state index in [1.54, 1.807) is 22.7 Å². The van der Waals surface area contributed by atoms with Crippen molar-refractivity contribution in [3.63, 3.8) is 0 Å². The van der Waals surface area contributed by atoms with E-state index >= 15 is 0 Å². The van der Waals surface area contributed by atoms with Crippen molar-refractivity contribution in [3.05, 3.63) is 62.2 Å². The zero-order valence-corrected chi connectivity index (χ0v) is 14.8. The second-order valence-electron chi connectivity index (χ2n) is 4.95. The van der Waals surface area contributed by atoms with Crippen LogP contribution in [0, 0.1) is 0 Å². The first-order valence-corrected chi connectivity index (χ1v) is 9.22. The standard InChI is InChI=1S/C16H15BrN2S2/c1-19(8-12-2-4-14(17)5-3-12)9-15-11-21-16(18-15)13-6-7-20-10-13/h2-7,10-11H,8-9H2,1H3. The van der Waals surface area contributed by atoms with Crippen molar-refractivity contribution in [2.75, 3.05) is 7.05 Å². The minimum Gasteiger partial charge on any atom is -0.296 e. The van der Waals surface area contributed by atoms with Crippen LogP contribution in [-0.4, -0.2) is 16.9 Å². The Kier molecular flexibility index (Phi) is 4.85. The fourth-order valence-corrected chi connectivity index (χ4v) is 3.92. The van der Waals surface area contributed by atoms with Crippen LogP contribution in [0.5, 0.6) is 0 Å². The molecule has 21 heavy (non-hydrogen) atoms. The van der Waals surface area contributed by atoms with Crippen LogP contribution in [0.15, 0.2) is 50.9 Å². The van der Waals surface area contributed by atoms with E-state index in [1.807, 2.05) is 0 Å². The third-order valence-corrected chi connectivity index (χ3v) is 5.27. The van der Waals surface area contributed by atoms with Gasteiger partial charge in [0, 0.05) is 33.9 Å². The molecule has 0 bridgehead atoms. The monoisotopic (exact) mass is 378 g/mol. The highest BCUT2D eigenvalue weighted by Crippen LogP contribution is 2.26. The summed E-state index contributed by atoms with van der Waals surface area (Å²) in [6.07, 6.45) is 0. The number of hydrogen-bond acceptors (Lipinski definition) is 4. The van der Waals surface area contributed by atoms with E-state index in [1.165, 1.54) is 11.1 Å². The molecule has 2 aromatic heterocycles. The highest BCUT2D eigenvalue weighted by atomic mass is 79.9. The molecule has 0 spiro atoms. The van der Waals surface area contributed by atoms with Gasteiger partial charge < -0.3 is 0 Å². The minimum atomic E-state index is 0.872. The lowest BCUT2D eigenvalue weighted by molar-refractivity contribution is 0.316. The average Bonchev–Trinajstić information content (AvgIpc) is 3.12. The van der Waals surface area contributed by atoms with Crippen LogP contribution in [0.3, 0.4) is 0 Å². The smallest absolute Gasteiger partial charge is 0.124 e. The van der Waals surface area contributed by atoms with Gasteiger partial charge in [0.1, 0.15) is 5.01 Å². The zero-order chi connectivity index (χ0) is 14.7. The van der Waals surface area contributed by atoms with E-state index in [2.05, 4.69) is 74.3 Å². The fourth-order valence-electron chi connectivity index (χ4n) is 2.13. The van der Waals surface area contributed by atoms with E-state index in [0.717, 1.165) is 28.3 Å². The molecule has 0 atom stereocenters. The maximum atomic E-state index is 4.72. The second kappa shape index (κ2) is 6.83. The van der Waals surface area contributed by atoms with Gasteiger partial charge in [-0.3, -0.25) is 4.90 Å². The Labute approximate surface area is 141 Å². The lowest BCUT2D eigenvalue weighted by atomic mass is 10.2. The van der Waals surface area contributed by atoms with Crippen LogP contribution in [0.1, 0.15) is 11.3 Å². The van der Waals surface area contributed by atoms with Gasteiger partial charge in [0.2, 0.25) is 0 Å². The molecule has 1 aromatic carbocycles. The molecule has 0 aliphatic rings. The van der Waals surface area contributed by atoms with Gasteiger partial charge in [0.25, 0.3) is 0 Å². The summed E-state index contributed by atoms with van der Waals surface area (Å²) in [6, 6.07) is 10.6. The Bertz CT molecular complexity index is 689. The average molecular weight is 379 g/mol. The third kappa shape index (κ3) is 4.01. The second-order valence-corrected chi connectivity index (χ2v) is 7.51. The molecule has 0 saturated heterocycles. The number of benzene rings is 1. The largest absolute Gasteiger partial charge is 0.296 e. The first kappa shape index (κ1) is 14.9. The van der Waals surface area contributed by atoms with Crippen molar-refractivity contribution in [2.24, 2.45) is 0 Å². The van der Waals surface area contributed by atoms with E-state index in [0.29, 0.717) is 0 Å². The fraction of sp³-hybridized carbons (Fsp3) is 0.188. The van der Waals surface area contributed by atoms with Gasteiger partial charge in [-0.05, 0) is 36.2 Å². The molecule has 0 saturated carbocycles. The quantitative estimate of drug-likeness (QED) is 0.601. The first-order valence-electron chi connectivity index (χ1n) is 6.60. The Hall–Kier alpha value is -1.01. The number of hydrogen-bond donors (Lipinski definition) is 0. The van der Waals surface area contributed by atoms with Crippen LogP contribution in [0.4, 0.5) is 0 Å². The number of halogens is 1. The van der Waals surface area contributed by atoms with Gasteiger partial charge in [-0.1, -0.05) is 28.1 Å². The predicted octanol–water partition coefficient (Wildman–Crippen LogP) is 5.27. The number of rotatable bonds is 5. The number of aromatic nitrogens is 1. The molecule has 5 heteroatoms. The number of thiazole rings is 1. The van der Waals surface area contributed by atoms with Crippen molar-refractivity contribution in [1.82, 2.24) is 9.88 Å². The Morgan fingerprint density at radius 2 is 1.90 bits per heavy atom. The van der Waals surface area contributed by atoms with Crippen LogP contribution in [0.25, 0.3) is 10.6 Å². The Balaban J connectivity index is 1.62. The molecule has 3 aromatic rings. The van der Waals surface area contributed by atoms with Crippen LogP contribution in [-0.2, 0) is 13.1 Å². The molecule has 2 nitrogen and oxygen atoms in total. The third-order valence-electron chi connectivity index (χ3n) is 3.12. The molecule has 0 fully saturated rings. The Morgan fingerprint density at radius 1 is 1.10 bits per heavy atom. The topological polar surface area (TPSA) is 16.1 Å². The van der Waals surface area contributed by atoms with Crippen molar-refractivity contribution < 1.29 is 0 Å². The molecule has 0 N–H and O–H groups in total. The molecule has 0 aliphatic carbocycles. The van der Waals surface area contributed by atoms with E-state index in [4.69, 9.17) is 4.98 Å². The van der Waals surface area contributed by atoms with Crippen molar-refractivity contribution in [1.29, 1.82) is 0 Å². The molecule has 0 aliphatic heterocycles. The van der Waals surface area contributed by atoms with Gasteiger partial charge in [0.05, 0.1) is 5.69 Å². The molecule has 0 amide bonds. The summed E-state index contributed by atoms with van der Waals surface area (Å²) in [5.74, 6) is 0. The maximum Gasteiger partial charge on any atom is 0.124 e. The Morgan fingerprint density at radius 3 is 2.62 bits per heavy atom. The molecule has 2 heterocycles. The molecule has 3 rings (SSSR count). The summed E-state index contributed by atoms with van der Waals surface area (Å²) < 4.78 is 1.12. The predicted molar refractivity (Wildman–Crippen MR) is 94.7 cm³/mol. The summed E-state index contributed by atoms with van der Waals surface area (Å²) in [6.45, 7) is 1.80. The van der Waals surface area contributed by atoms with Gasteiger partial charge in [0.15, 0.2) is 0 Å². The van der Waals surface area contributed by atoms with Gasteiger partial charge in [-0.15, -0.1) is 11.3 Å². The summed E-state index contributed by atoms with van der Waals surface area (Å²) in [7, 11) is 2.13. The molecular weight excluding hydrogens is 364 g/mol. The van der Waals surface area contributed by atoms with Crippen molar-refractivity contribution >= 4 is 38.6 Å². The first-order chi connectivity index (χ1) is 10.2. The van der Waals surface area contributed by atoms with Gasteiger partial charge >= 0.3 is 0 Å². The maximum absolute atomic E-state index is 4.72. The van der Waals surface area contributed by atoms with Gasteiger partial charge in [-0.25, -0.2) is 4.98 Å². The van der Waals surface area contributed by atoms with Gasteiger partial charge in [-0.2, -0.15) is 11.3 Å². The van der Waals surface area contributed by atoms with Crippen molar-refractivity contribution in [2.45, 2.75) is 13.1 Å². The van der Waals surface area contributed by atoms with Crippen LogP contribution >= 0.6 is 38.6 Å². The highest BCUT2D eigenvalue weighted by molar-refractivity contribution is 9.10. The molecule has 108 valence electrons. The summed E-state index contributed by atoms with van der Waals surface area (Å²) in [5, 5.41) is 7.51. The van der Waals surface area contributed by atoms with Crippen LogP contribution in [0.2, 0.25) is 0 Å². The summed E-state index contributed by atoms with van der Waals surface area (Å²) in [4.78, 5) is 7.01. The highest BCUT2D eigenvalue weighted by Gasteiger charge is 2.08. The lowest BCUT2D eigenvalue weighted by Crippen LogP contribution is -2.17. The minimum absolute atomic E-state index is 0.872. The SMILES string of the molecule is CN(Cc1ccc(Br)cc1)Cc1csc(-c2ccsc2)n1. The van der Waals surface area contributed by atoms with E-state index < -0.39 is 0 Å².